The summed E-state index contributed by atoms with van der Waals surface area (Å²) in [5.41, 5.74) is 0.950. The maximum absolute atomic E-state index is 11.8. The maximum atomic E-state index is 11.8. The van der Waals surface area contributed by atoms with Crippen molar-refractivity contribution in [3.63, 3.8) is 0 Å². The summed E-state index contributed by atoms with van der Waals surface area (Å²) in [5.74, 6) is 0.940. The summed E-state index contributed by atoms with van der Waals surface area (Å²) >= 11 is 0. The molecule has 2 aromatic rings. The molecule has 5 heteroatoms. The lowest BCUT2D eigenvalue weighted by Crippen LogP contribution is -2.12. The minimum absolute atomic E-state index is 0.265. The highest BCUT2D eigenvalue weighted by molar-refractivity contribution is 6.02. The summed E-state index contributed by atoms with van der Waals surface area (Å²) in [4.78, 5) is 15.7. The van der Waals surface area contributed by atoms with Gasteiger partial charge in [-0.05, 0) is 31.2 Å². The summed E-state index contributed by atoms with van der Waals surface area (Å²) in [7, 11) is 0. The molecule has 94 valence electrons. The smallest absolute Gasteiger partial charge is 0.277 e. The van der Waals surface area contributed by atoms with E-state index in [1.54, 1.807) is 31.2 Å². The SMILES string of the molecule is CCOc1ccc(NC(=O)c2coc(C)n2)cc1. The van der Waals surface area contributed by atoms with E-state index in [-0.39, 0.29) is 11.6 Å². The van der Waals surface area contributed by atoms with E-state index in [1.165, 1.54) is 6.26 Å². The molecule has 1 aromatic heterocycles. The molecule has 1 heterocycles. The molecule has 1 amide bonds. The zero-order valence-corrected chi connectivity index (χ0v) is 10.3. The molecule has 0 spiro atoms. The van der Waals surface area contributed by atoms with E-state index in [9.17, 15) is 4.79 Å². The average molecular weight is 246 g/mol. The van der Waals surface area contributed by atoms with Gasteiger partial charge in [-0.3, -0.25) is 4.79 Å². The van der Waals surface area contributed by atoms with Crippen molar-refractivity contribution in [2.45, 2.75) is 13.8 Å². The van der Waals surface area contributed by atoms with Crippen molar-refractivity contribution in [2.75, 3.05) is 11.9 Å². The normalized spacial score (nSPS) is 10.1. The van der Waals surface area contributed by atoms with E-state index >= 15 is 0 Å². The van der Waals surface area contributed by atoms with Crippen molar-refractivity contribution in [2.24, 2.45) is 0 Å². The summed E-state index contributed by atoms with van der Waals surface area (Å²) in [6, 6.07) is 7.14. The number of carbonyl (C=O) groups excluding carboxylic acids is 1. The monoisotopic (exact) mass is 246 g/mol. The zero-order chi connectivity index (χ0) is 13.0. The predicted octanol–water partition coefficient (Wildman–Crippen LogP) is 2.63. The second-order valence-electron chi connectivity index (χ2n) is 3.66. The number of rotatable bonds is 4. The Morgan fingerprint density at radius 2 is 2.11 bits per heavy atom. The molecule has 5 nitrogen and oxygen atoms in total. The number of ether oxygens (including phenoxy) is 1. The van der Waals surface area contributed by atoms with Crippen molar-refractivity contribution in [3.05, 3.63) is 42.1 Å². The third kappa shape index (κ3) is 2.88. The molecule has 0 unspecified atom stereocenters. The summed E-state index contributed by atoms with van der Waals surface area (Å²) in [6.07, 6.45) is 1.33. The van der Waals surface area contributed by atoms with Crippen molar-refractivity contribution < 1.29 is 13.9 Å². The number of oxazole rings is 1. The van der Waals surface area contributed by atoms with Gasteiger partial charge in [0.15, 0.2) is 11.6 Å². The molecule has 1 aromatic carbocycles. The van der Waals surface area contributed by atoms with Gasteiger partial charge in [0, 0.05) is 12.6 Å². The van der Waals surface area contributed by atoms with Crippen LogP contribution in [0, 0.1) is 6.92 Å². The number of amides is 1. The van der Waals surface area contributed by atoms with Crippen molar-refractivity contribution in [1.29, 1.82) is 0 Å². The fourth-order valence-corrected chi connectivity index (χ4v) is 1.46. The molecule has 18 heavy (non-hydrogen) atoms. The molecule has 0 aliphatic rings. The van der Waals surface area contributed by atoms with Gasteiger partial charge in [0.05, 0.1) is 6.61 Å². The molecule has 0 saturated heterocycles. The van der Waals surface area contributed by atoms with Gasteiger partial charge >= 0.3 is 0 Å². The lowest BCUT2D eigenvalue weighted by Gasteiger charge is -2.05. The van der Waals surface area contributed by atoms with Crippen LogP contribution in [0.15, 0.2) is 34.9 Å². The quantitative estimate of drug-likeness (QED) is 0.900. The van der Waals surface area contributed by atoms with Gasteiger partial charge < -0.3 is 14.5 Å². The van der Waals surface area contributed by atoms with Gasteiger partial charge in [0.2, 0.25) is 0 Å². The van der Waals surface area contributed by atoms with Crippen LogP contribution >= 0.6 is 0 Å². The number of nitrogens with one attached hydrogen (secondary N) is 1. The minimum Gasteiger partial charge on any atom is -0.494 e. The van der Waals surface area contributed by atoms with E-state index in [1.807, 2.05) is 6.92 Å². The Bertz CT molecular complexity index is 531. The topological polar surface area (TPSA) is 64.4 Å². The molecule has 0 bridgehead atoms. The van der Waals surface area contributed by atoms with Gasteiger partial charge in [0.25, 0.3) is 5.91 Å². The Labute approximate surface area is 105 Å². The molecular weight excluding hydrogens is 232 g/mol. The number of aryl methyl sites for hydroxylation is 1. The highest BCUT2D eigenvalue weighted by atomic mass is 16.5. The van der Waals surface area contributed by atoms with Crippen LogP contribution in [0.1, 0.15) is 23.3 Å². The fraction of sp³-hybridized carbons (Fsp3) is 0.231. The first kappa shape index (κ1) is 12.2. The number of anilines is 1. The minimum atomic E-state index is -0.295. The van der Waals surface area contributed by atoms with Gasteiger partial charge in [0.1, 0.15) is 12.0 Å². The molecule has 0 aliphatic carbocycles. The van der Waals surface area contributed by atoms with Gasteiger partial charge in [-0.25, -0.2) is 4.98 Å². The standard InChI is InChI=1S/C13H14N2O3/c1-3-17-11-6-4-10(5-7-11)15-13(16)12-8-18-9(2)14-12/h4-8H,3H2,1-2H3,(H,15,16). The van der Waals surface area contributed by atoms with Crippen LogP contribution in [-0.4, -0.2) is 17.5 Å². The number of nitrogens with zero attached hydrogens (tertiary/aromatic N) is 1. The van der Waals surface area contributed by atoms with Crippen molar-refractivity contribution >= 4 is 11.6 Å². The van der Waals surface area contributed by atoms with Gasteiger partial charge in [-0.1, -0.05) is 0 Å². The first-order valence-electron chi connectivity index (χ1n) is 5.65. The number of hydrogen-bond acceptors (Lipinski definition) is 4. The number of hydrogen-bond donors (Lipinski definition) is 1. The number of carbonyl (C=O) groups is 1. The molecule has 0 atom stereocenters. The molecule has 0 saturated carbocycles. The van der Waals surface area contributed by atoms with Gasteiger partial charge in [-0.15, -0.1) is 0 Å². The van der Waals surface area contributed by atoms with Crippen LogP contribution in [0.4, 0.5) is 5.69 Å². The first-order valence-corrected chi connectivity index (χ1v) is 5.65. The van der Waals surface area contributed by atoms with Crippen LogP contribution in [0.25, 0.3) is 0 Å². The lowest BCUT2D eigenvalue weighted by molar-refractivity contribution is 0.102. The largest absolute Gasteiger partial charge is 0.494 e. The third-order valence-corrected chi connectivity index (χ3v) is 2.27. The van der Waals surface area contributed by atoms with Crippen molar-refractivity contribution in [1.82, 2.24) is 4.98 Å². The second-order valence-corrected chi connectivity index (χ2v) is 3.66. The Hall–Kier alpha value is -2.30. The van der Waals surface area contributed by atoms with E-state index in [0.29, 0.717) is 18.2 Å². The summed E-state index contributed by atoms with van der Waals surface area (Å²) in [5, 5.41) is 2.72. The fourth-order valence-electron chi connectivity index (χ4n) is 1.46. The third-order valence-electron chi connectivity index (χ3n) is 2.27. The highest BCUT2D eigenvalue weighted by Crippen LogP contribution is 2.16. The molecule has 0 aliphatic heterocycles. The van der Waals surface area contributed by atoms with Crippen LogP contribution in [0.3, 0.4) is 0 Å². The van der Waals surface area contributed by atoms with E-state index < -0.39 is 0 Å². The Morgan fingerprint density at radius 1 is 1.39 bits per heavy atom. The first-order chi connectivity index (χ1) is 8.69. The molecular formula is C13H14N2O3. The Morgan fingerprint density at radius 3 is 2.67 bits per heavy atom. The zero-order valence-electron chi connectivity index (χ0n) is 10.3. The van der Waals surface area contributed by atoms with Crippen LogP contribution in [-0.2, 0) is 0 Å². The summed E-state index contributed by atoms with van der Waals surface area (Å²) < 4.78 is 10.3. The van der Waals surface area contributed by atoms with Crippen LogP contribution < -0.4 is 10.1 Å². The van der Waals surface area contributed by atoms with E-state index in [0.717, 1.165) is 5.75 Å². The predicted molar refractivity (Wildman–Crippen MR) is 66.8 cm³/mol. The van der Waals surface area contributed by atoms with Crippen LogP contribution in [0.5, 0.6) is 5.75 Å². The Balaban J connectivity index is 2.03. The van der Waals surface area contributed by atoms with Crippen LogP contribution in [0.2, 0.25) is 0 Å². The lowest BCUT2D eigenvalue weighted by atomic mass is 10.3. The highest BCUT2D eigenvalue weighted by Gasteiger charge is 2.10. The molecule has 1 N–H and O–H groups in total. The van der Waals surface area contributed by atoms with E-state index in [2.05, 4.69) is 10.3 Å². The summed E-state index contributed by atoms with van der Waals surface area (Å²) in [6.45, 7) is 4.22. The second kappa shape index (κ2) is 5.35. The maximum Gasteiger partial charge on any atom is 0.277 e. The molecule has 0 fully saturated rings. The molecule has 0 radical (unpaired) electrons. The number of benzene rings is 1. The van der Waals surface area contributed by atoms with Gasteiger partial charge in [-0.2, -0.15) is 0 Å². The average Bonchev–Trinajstić information content (AvgIpc) is 2.79. The van der Waals surface area contributed by atoms with E-state index in [4.69, 9.17) is 9.15 Å². The number of aromatic nitrogens is 1. The molecule has 2 rings (SSSR count). The Kier molecular flexibility index (Phi) is 3.62. The van der Waals surface area contributed by atoms with Crippen molar-refractivity contribution in [3.8, 4) is 5.75 Å².